The Labute approximate surface area is 116 Å². The number of rotatable bonds is 3. The molecule has 2 fully saturated rings. The highest BCUT2D eigenvalue weighted by molar-refractivity contribution is 5.33. The van der Waals surface area contributed by atoms with Crippen molar-refractivity contribution >= 4 is 0 Å². The van der Waals surface area contributed by atoms with E-state index in [1.165, 1.54) is 57.3 Å². The van der Waals surface area contributed by atoms with E-state index in [0.29, 0.717) is 11.2 Å². The maximum absolute atomic E-state index is 9.45. The summed E-state index contributed by atoms with van der Waals surface area (Å²) < 4.78 is 0. The third-order valence-electron chi connectivity index (χ3n) is 5.19. The molecule has 1 aromatic carbocycles. The molecule has 2 heteroatoms. The predicted molar refractivity (Wildman–Crippen MR) is 78.5 cm³/mol. The summed E-state index contributed by atoms with van der Waals surface area (Å²) >= 11 is 0. The molecule has 0 aromatic heterocycles. The average molecular weight is 259 g/mol. The Bertz CT molecular complexity index is 413. The van der Waals surface area contributed by atoms with E-state index in [1.807, 2.05) is 12.1 Å². The molecule has 1 N–H and O–H groups in total. The largest absolute Gasteiger partial charge is 0.508 e. The van der Waals surface area contributed by atoms with Gasteiger partial charge in [-0.15, -0.1) is 0 Å². The zero-order chi connectivity index (χ0) is 13.3. The molecule has 0 atom stereocenters. The molecule has 104 valence electrons. The maximum Gasteiger partial charge on any atom is 0.115 e. The predicted octanol–water partition coefficient (Wildman–Crippen LogP) is 3.55. The Morgan fingerprint density at radius 2 is 1.79 bits per heavy atom. The molecule has 1 aliphatic carbocycles. The molecule has 2 nitrogen and oxygen atoms in total. The van der Waals surface area contributed by atoms with Gasteiger partial charge in [-0.3, -0.25) is 0 Å². The van der Waals surface area contributed by atoms with E-state index in [4.69, 9.17) is 0 Å². The first-order chi connectivity index (χ1) is 9.18. The number of nitrogens with zero attached hydrogens (tertiary/aromatic N) is 1. The second-order valence-corrected chi connectivity index (χ2v) is 6.64. The summed E-state index contributed by atoms with van der Waals surface area (Å²) in [5, 5.41) is 9.45. The number of piperidine rings is 1. The van der Waals surface area contributed by atoms with Gasteiger partial charge in [0.2, 0.25) is 0 Å². The van der Waals surface area contributed by atoms with E-state index in [9.17, 15) is 5.11 Å². The van der Waals surface area contributed by atoms with Crippen LogP contribution >= 0.6 is 0 Å². The molecule has 1 saturated carbocycles. The topological polar surface area (TPSA) is 23.5 Å². The monoisotopic (exact) mass is 259 g/mol. The number of phenols is 1. The maximum atomic E-state index is 9.45. The third-order valence-corrected chi connectivity index (χ3v) is 5.19. The lowest BCUT2D eigenvalue weighted by molar-refractivity contribution is 0.109. The zero-order valence-electron chi connectivity index (χ0n) is 11.9. The molecule has 2 aliphatic rings. The molecule has 19 heavy (non-hydrogen) atoms. The summed E-state index contributed by atoms with van der Waals surface area (Å²) in [5.74, 6) is 1.28. The van der Waals surface area contributed by atoms with Gasteiger partial charge in [0.1, 0.15) is 5.75 Å². The fraction of sp³-hybridized carbons (Fsp3) is 0.647. The van der Waals surface area contributed by atoms with E-state index in [0.717, 1.165) is 5.92 Å². The van der Waals surface area contributed by atoms with Crippen molar-refractivity contribution in [3.05, 3.63) is 29.8 Å². The first kappa shape index (κ1) is 13.0. The van der Waals surface area contributed by atoms with Gasteiger partial charge < -0.3 is 10.0 Å². The Hall–Kier alpha value is -1.02. The second-order valence-electron chi connectivity index (χ2n) is 6.64. The van der Waals surface area contributed by atoms with Gasteiger partial charge in [-0.05, 0) is 62.4 Å². The van der Waals surface area contributed by atoms with E-state index in [2.05, 4.69) is 24.0 Å². The van der Waals surface area contributed by atoms with Crippen molar-refractivity contribution in [1.29, 1.82) is 0 Å². The minimum Gasteiger partial charge on any atom is -0.508 e. The number of benzene rings is 1. The number of phenolic OH excluding ortho intramolecular Hbond substituents is 1. The molecule has 3 rings (SSSR count). The highest BCUT2D eigenvalue weighted by Gasteiger charge is 2.40. The van der Waals surface area contributed by atoms with E-state index < -0.39 is 0 Å². The second kappa shape index (κ2) is 5.16. The quantitative estimate of drug-likeness (QED) is 0.897. The molecule has 1 heterocycles. The Morgan fingerprint density at radius 1 is 1.16 bits per heavy atom. The van der Waals surface area contributed by atoms with Crippen LogP contribution in [0.15, 0.2) is 24.3 Å². The van der Waals surface area contributed by atoms with Crippen LogP contribution in [0.3, 0.4) is 0 Å². The van der Waals surface area contributed by atoms with E-state index in [1.54, 1.807) is 0 Å². The van der Waals surface area contributed by atoms with Gasteiger partial charge in [0.25, 0.3) is 0 Å². The summed E-state index contributed by atoms with van der Waals surface area (Å²) in [6.07, 6.45) is 6.68. The highest BCUT2D eigenvalue weighted by Crippen LogP contribution is 2.45. The number of hydrogen-bond acceptors (Lipinski definition) is 2. The summed E-state index contributed by atoms with van der Waals surface area (Å²) in [5.41, 5.74) is 1.80. The summed E-state index contributed by atoms with van der Waals surface area (Å²) in [7, 11) is 0. The summed E-state index contributed by atoms with van der Waals surface area (Å²) in [4.78, 5) is 2.66. The molecule has 0 unspecified atom stereocenters. The standard InChI is InChI=1S/C17H25NO/c1-14-7-11-18(12-8-14)13-17(9-2-10-17)15-3-5-16(19)6-4-15/h3-6,14,19H,2,7-13H2,1H3. The van der Waals surface area contributed by atoms with Crippen LogP contribution < -0.4 is 0 Å². The fourth-order valence-electron chi connectivity index (χ4n) is 3.60. The van der Waals surface area contributed by atoms with Crippen molar-refractivity contribution < 1.29 is 5.11 Å². The molecule has 0 spiro atoms. The molecular formula is C17H25NO. The van der Waals surface area contributed by atoms with Crippen LogP contribution in [-0.2, 0) is 5.41 Å². The SMILES string of the molecule is CC1CCN(CC2(c3ccc(O)cc3)CCC2)CC1. The summed E-state index contributed by atoms with van der Waals surface area (Å²) in [6, 6.07) is 7.93. The fourth-order valence-corrected chi connectivity index (χ4v) is 3.60. The lowest BCUT2D eigenvalue weighted by Gasteiger charge is -2.47. The Balaban J connectivity index is 1.71. The van der Waals surface area contributed by atoms with Gasteiger partial charge in [-0.1, -0.05) is 25.5 Å². The summed E-state index contributed by atoms with van der Waals surface area (Å²) in [6.45, 7) is 6.11. The minimum absolute atomic E-state index is 0.369. The first-order valence-electron chi connectivity index (χ1n) is 7.70. The zero-order valence-corrected chi connectivity index (χ0v) is 11.9. The Morgan fingerprint density at radius 3 is 2.32 bits per heavy atom. The number of aromatic hydroxyl groups is 1. The van der Waals surface area contributed by atoms with Gasteiger partial charge in [0.15, 0.2) is 0 Å². The highest BCUT2D eigenvalue weighted by atomic mass is 16.3. The van der Waals surface area contributed by atoms with Crippen LogP contribution in [0, 0.1) is 5.92 Å². The van der Waals surface area contributed by atoms with Crippen molar-refractivity contribution in [2.75, 3.05) is 19.6 Å². The first-order valence-corrected chi connectivity index (χ1v) is 7.70. The molecule has 1 saturated heterocycles. The third kappa shape index (κ3) is 2.64. The number of likely N-dealkylation sites (tertiary alicyclic amines) is 1. The van der Waals surface area contributed by atoms with E-state index in [-0.39, 0.29) is 0 Å². The number of hydrogen-bond donors (Lipinski definition) is 1. The smallest absolute Gasteiger partial charge is 0.115 e. The Kier molecular flexibility index (Phi) is 3.53. The lowest BCUT2D eigenvalue weighted by atomic mass is 9.64. The van der Waals surface area contributed by atoms with Gasteiger partial charge in [-0.25, -0.2) is 0 Å². The lowest BCUT2D eigenvalue weighted by Crippen LogP contribution is -2.47. The molecule has 0 bridgehead atoms. The van der Waals surface area contributed by atoms with Gasteiger partial charge in [0.05, 0.1) is 0 Å². The van der Waals surface area contributed by atoms with Crippen molar-refractivity contribution in [2.45, 2.75) is 44.4 Å². The van der Waals surface area contributed by atoms with Crippen LogP contribution in [-0.4, -0.2) is 29.6 Å². The van der Waals surface area contributed by atoms with Crippen molar-refractivity contribution in [2.24, 2.45) is 5.92 Å². The van der Waals surface area contributed by atoms with Crippen molar-refractivity contribution in [1.82, 2.24) is 4.90 Å². The molecule has 1 aliphatic heterocycles. The van der Waals surface area contributed by atoms with Crippen LogP contribution in [0.1, 0.15) is 44.6 Å². The normalized spacial score (nSPS) is 24.1. The van der Waals surface area contributed by atoms with Gasteiger partial charge in [0, 0.05) is 12.0 Å². The molecule has 0 radical (unpaired) electrons. The van der Waals surface area contributed by atoms with Gasteiger partial charge in [-0.2, -0.15) is 0 Å². The van der Waals surface area contributed by atoms with Crippen LogP contribution in [0.5, 0.6) is 5.75 Å². The van der Waals surface area contributed by atoms with Crippen LogP contribution in [0.4, 0.5) is 0 Å². The van der Waals surface area contributed by atoms with E-state index >= 15 is 0 Å². The molecule has 0 amide bonds. The minimum atomic E-state index is 0.369. The van der Waals surface area contributed by atoms with Crippen LogP contribution in [0.2, 0.25) is 0 Å². The molecule has 1 aromatic rings. The van der Waals surface area contributed by atoms with Crippen LogP contribution in [0.25, 0.3) is 0 Å². The van der Waals surface area contributed by atoms with Crippen molar-refractivity contribution in [3.8, 4) is 5.75 Å². The van der Waals surface area contributed by atoms with Crippen molar-refractivity contribution in [3.63, 3.8) is 0 Å². The average Bonchev–Trinajstić information content (AvgIpc) is 2.37. The molecular weight excluding hydrogens is 234 g/mol. The van der Waals surface area contributed by atoms with Gasteiger partial charge >= 0.3 is 0 Å².